The summed E-state index contributed by atoms with van der Waals surface area (Å²) in [5.41, 5.74) is 2.60. The lowest BCUT2D eigenvalue weighted by Gasteiger charge is -2.28. The van der Waals surface area contributed by atoms with E-state index >= 15 is 0 Å². The minimum atomic E-state index is 0.405. The minimum Gasteiger partial charge on any atom is -0.490 e. The third-order valence-corrected chi connectivity index (χ3v) is 4.39. The van der Waals surface area contributed by atoms with E-state index in [1.165, 1.54) is 36.8 Å². The fourth-order valence-corrected chi connectivity index (χ4v) is 3.16. The molecule has 3 unspecified atom stereocenters. The highest BCUT2D eigenvalue weighted by Crippen LogP contribution is 2.30. The van der Waals surface area contributed by atoms with Crippen LogP contribution in [-0.2, 0) is 0 Å². The van der Waals surface area contributed by atoms with E-state index in [1.54, 1.807) is 0 Å². The molecule has 2 heteroatoms. The highest BCUT2D eigenvalue weighted by molar-refractivity contribution is 5.37. The second kappa shape index (κ2) is 7.12. The maximum absolute atomic E-state index is 6.23. The molecule has 2 nitrogen and oxygen atoms in total. The van der Waals surface area contributed by atoms with Crippen LogP contribution < -0.4 is 10.1 Å². The molecule has 1 fully saturated rings. The maximum Gasteiger partial charge on any atom is 0.122 e. The predicted octanol–water partition coefficient (Wildman–Crippen LogP) is 4.62. The molecule has 1 saturated carbocycles. The van der Waals surface area contributed by atoms with Crippen LogP contribution in [0.5, 0.6) is 5.75 Å². The SMILES string of the molecule is CCNC(C)c1ccc(OC2CCCC(C)C2)c(C)c1. The Morgan fingerprint density at radius 2 is 2.15 bits per heavy atom. The molecule has 1 aromatic rings. The lowest BCUT2D eigenvalue weighted by molar-refractivity contribution is 0.128. The average Bonchev–Trinajstić information content (AvgIpc) is 2.41. The molecule has 20 heavy (non-hydrogen) atoms. The van der Waals surface area contributed by atoms with E-state index in [4.69, 9.17) is 4.74 Å². The normalized spacial score (nSPS) is 24.4. The van der Waals surface area contributed by atoms with Crippen molar-refractivity contribution in [3.63, 3.8) is 0 Å². The van der Waals surface area contributed by atoms with Gasteiger partial charge in [0.05, 0.1) is 6.10 Å². The lowest BCUT2D eigenvalue weighted by Crippen LogP contribution is -2.24. The molecule has 0 bridgehead atoms. The number of rotatable bonds is 5. The summed E-state index contributed by atoms with van der Waals surface area (Å²) in [7, 11) is 0. The molecule has 1 aromatic carbocycles. The van der Waals surface area contributed by atoms with Gasteiger partial charge in [0.15, 0.2) is 0 Å². The van der Waals surface area contributed by atoms with Gasteiger partial charge in [-0.05, 0) is 62.8 Å². The lowest BCUT2D eigenvalue weighted by atomic mass is 9.88. The average molecular weight is 275 g/mol. The van der Waals surface area contributed by atoms with Crippen LogP contribution in [0.3, 0.4) is 0 Å². The van der Waals surface area contributed by atoms with Gasteiger partial charge in [-0.3, -0.25) is 0 Å². The summed E-state index contributed by atoms with van der Waals surface area (Å²) in [6.07, 6.45) is 5.49. The van der Waals surface area contributed by atoms with Crippen LogP contribution in [0.1, 0.15) is 63.6 Å². The second-order valence-electron chi connectivity index (χ2n) is 6.32. The van der Waals surface area contributed by atoms with Crippen LogP contribution in [0.15, 0.2) is 18.2 Å². The molecule has 2 rings (SSSR count). The molecule has 112 valence electrons. The van der Waals surface area contributed by atoms with E-state index in [0.717, 1.165) is 18.2 Å². The second-order valence-corrected chi connectivity index (χ2v) is 6.32. The first-order valence-corrected chi connectivity index (χ1v) is 8.10. The Hall–Kier alpha value is -1.02. The molecule has 0 spiro atoms. The highest BCUT2D eigenvalue weighted by atomic mass is 16.5. The van der Waals surface area contributed by atoms with Crippen LogP contribution in [-0.4, -0.2) is 12.6 Å². The first-order chi connectivity index (χ1) is 9.60. The van der Waals surface area contributed by atoms with E-state index in [9.17, 15) is 0 Å². The molecule has 3 atom stereocenters. The molecule has 0 heterocycles. The van der Waals surface area contributed by atoms with E-state index in [-0.39, 0.29) is 0 Å². The van der Waals surface area contributed by atoms with Gasteiger partial charge in [-0.2, -0.15) is 0 Å². The van der Waals surface area contributed by atoms with Crippen molar-refractivity contribution in [2.75, 3.05) is 6.54 Å². The maximum atomic E-state index is 6.23. The Bertz CT molecular complexity index is 429. The topological polar surface area (TPSA) is 21.3 Å². The minimum absolute atomic E-state index is 0.405. The number of benzene rings is 1. The van der Waals surface area contributed by atoms with Crippen LogP contribution in [0.4, 0.5) is 0 Å². The number of ether oxygens (including phenoxy) is 1. The van der Waals surface area contributed by atoms with Crippen LogP contribution in [0.2, 0.25) is 0 Å². The quantitative estimate of drug-likeness (QED) is 0.846. The van der Waals surface area contributed by atoms with Gasteiger partial charge >= 0.3 is 0 Å². The monoisotopic (exact) mass is 275 g/mol. The number of hydrogen-bond acceptors (Lipinski definition) is 2. The zero-order chi connectivity index (χ0) is 14.5. The Labute approximate surface area is 123 Å². The van der Waals surface area contributed by atoms with Crippen molar-refractivity contribution in [1.82, 2.24) is 5.32 Å². The van der Waals surface area contributed by atoms with Crippen molar-refractivity contribution in [1.29, 1.82) is 0 Å². The molecule has 0 aliphatic heterocycles. The molecule has 0 amide bonds. The van der Waals surface area contributed by atoms with Crippen molar-refractivity contribution in [3.8, 4) is 5.75 Å². The van der Waals surface area contributed by atoms with Crippen molar-refractivity contribution < 1.29 is 4.74 Å². The largest absolute Gasteiger partial charge is 0.490 e. The Morgan fingerprint density at radius 3 is 2.80 bits per heavy atom. The molecular formula is C18H29NO. The molecule has 1 N–H and O–H groups in total. The van der Waals surface area contributed by atoms with E-state index in [2.05, 4.69) is 51.2 Å². The summed E-state index contributed by atoms with van der Waals surface area (Å²) in [6, 6.07) is 7.01. The van der Waals surface area contributed by atoms with Crippen molar-refractivity contribution in [2.45, 2.75) is 65.5 Å². The Balaban J connectivity index is 2.02. The predicted molar refractivity (Wildman–Crippen MR) is 85.3 cm³/mol. The van der Waals surface area contributed by atoms with Gasteiger partial charge in [0.1, 0.15) is 5.75 Å². The zero-order valence-corrected chi connectivity index (χ0v) is 13.4. The summed E-state index contributed by atoms with van der Waals surface area (Å²) >= 11 is 0. The highest BCUT2D eigenvalue weighted by Gasteiger charge is 2.20. The molecule has 0 aromatic heterocycles. The Kier molecular flexibility index (Phi) is 5.47. The summed E-state index contributed by atoms with van der Waals surface area (Å²) in [6.45, 7) is 9.85. The van der Waals surface area contributed by atoms with Gasteiger partial charge < -0.3 is 10.1 Å². The fourth-order valence-electron chi connectivity index (χ4n) is 3.16. The van der Waals surface area contributed by atoms with Crippen molar-refractivity contribution >= 4 is 0 Å². The number of nitrogens with one attached hydrogen (secondary N) is 1. The van der Waals surface area contributed by atoms with Crippen LogP contribution in [0.25, 0.3) is 0 Å². The summed E-state index contributed by atoms with van der Waals surface area (Å²) in [4.78, 5) is 0. The summed E-state index contributed by atoms with van der Waals surface area (Å²) in [5, 5.41) is 3.45. The van der Waals surface area contributed by atoms with Crippen molar-refractivity contribution in [2.24, 2.45) is 5.92 Å². The Morgan fingerprint density at radius 1 is 1.35 bits per heavy atom. The third-order valence-electron chi connectivity index (χ3n) is 4.39. The van der Waals surface area contributed by atoms with E-state index in [0.29, 0.717) is 12.1 Å². The molecule has 0 saturated heterocycles. The van der Waals surface area contributed by atoms with E-state index < -0.39 is 0 Å². The third kappa shape index (κ3) is 3.99. The van der Waals surface area contributed by atoms with Crippen LogP contribution >= 0.6 is 0 Å². The van der Waals surface area contributed by atoms with Gasteiger partial charge in [-0.15, -0.1) is 0 Å². The molecular weight excluding hydrogens is 246 g/mol. The zero-order valence-electron chi connectivity index (χ0n) is 13.4. The van der Waals surface area contributed by atoms with Gasteiger partial charge in [0.25, 0.3) is 0 Å². The standard InChI is InChI=1S/C18H29NO/c1-5-19-15(4)16-9-10-18(14(3)12-16)20-17-8-6-7-13(2)11-17/h9-10,12-13,15,17,19H,5-8,11H2,1-4H3. The summed E-state index contributed by atoms with van der Waals surface area (Å²) < 4.78 is 6.23. The van der Waals surface area contributed by atoms with Crippen LogP contribution in [0, 0.1) is 12.8 Å². The first kappa shape index (κ1) is 15.4. The number of aryl methyl sites for hydroxylation is 1. The first-order valence-electron chi connectivity index (χ1n) is 8.10. The van der Waals surface area contributed by atoms with Gasteiger partial charge in [-0.25, -0.2) is 0 Å². The van der Waals surface area contributed by atoms with Gasteiger partial charge in [-0.1, -0.05) is 32.4 Å². The molecule has 1 aliphatic rings. The van der Waals surface area contributed by atoms with Gasteiger partial charge in [0, 0.05) is 6.04 Å². The molecule has 0 radical (unpaired) electrons. The molecule has 1 aliphatic carbocycles. The summed E-state index contributed by atoms with van der Waals surface area (Å²) in [5.74, 6) is 1.87. The fraction of sp³-hybridized carbons (Fsp3) is 0.667. The van der Waals surface area contributed by atoms with Gasteiger partial charge in [0.2, 0.25) is 0 Å². The van der Waals surface area contributed by atoms with E-state index in [1.807, 2.05) is 0 Å². The van der Waals surface area contributed by atoms with Crippen molar-refractivity contribution in [3.05, 3.63) is 29.3 Å². The number of hydrogen-bond donors (Lipinski definition) is 1. The smallest absolute Gasteiger partial charge is 0.122 e.